The van der Waals surface area contributed by atoms with Gasteiger partial charge in [-0.2, -0.15) is 10.4 Å². The Labute approximate surface area is 147 Å². The standard InChI is InChI=1S/C20H20N4O/c1-15-20(16(2)25)13-19(5-3-11-23-12-4-10-22-23)24(15)18-8-6-17(14-21)7-9-18/h4,6-10,12-13H,3,5,11H2,1-2H3. The molecule has 1 aromatic carbocycles. The Balaban J connectivity index is 1.91. The molecular weight excluding hydrogens is 312 g/mol. The Hall–Kier alpha value is -3.13. The molecule has 25 heavy (non-hydrogen) atoms. The number of rotatable bonds is 6. The van der Waals surface area contributed by atoms with Gasteiger partial charge in [0.25, 0.3) is 0 Å². The summed E-state index contributed by atoms with van der Waals surface area (Å²) in [6, 6.07) is 13.5. The Bertz CT molecular complexity index is 912. The van der Waals surface area contributed by atoms with Crippen LogP contribution in [0.15, 0.2) is 48.8 Å². The van der Waals surface area contributed by atoms with Crippen LogP contribution in [0.4, 0.5) is 0 Å². The van der Waals surface area contributed by atoms with E-state index in [1.165, 1.54) is 0 Å². The molecule has 0 amide bonds. The van der Waals surface area contributed by atoms with Gasteiger partial charge in [0.1, 0.15) is 0 Å². The maximum Gasteiger partial charge on any atom is 0.161 e. The summed E-state index contributed by atoms with van der Waals surface area (Å²) in [5.41, 5.74) is 4.38. The van der Waals surface area contributed by atoms with Gasteiger partial charge < -0.3 is 4.57 Å². The molecule has 0 fully saturated rings. The van der Waals surface area contributed by atoms with E-state index in [1.807, 2.05) is 42.1 Å². The van der Waals surface area contributed by atoms with Crippen LogP contribution in [-0.4, -0.2) is 20.1 Å². The number of nitriles is 1. The Kier molecular flexibility index (Phi) is 4.80. The average molecular weight is 332 g/mol. The predicted octanol–water partition coefficient (Wildman–Crippen LogP) is 3.69. The fraction of sp³-hybridized carbons (Fsp3) is 0.250. The molecule has 5 heteroatoms. The number of hydrogen-bond acceptors (Lipinski definition) is 3. The molecule has 0 aliphatic heterocycles. The highest BCUT2D eigenvalue weighted by Crippen LogP contribution is 2.23. The van der Waals surface area contributed by atoms with Gasteiger partial charge >= 0.3 is 0 Å². The lowest BCUT2D eigenvalue weighted by Crippen LogP contribution is -2.05. The molecule has 0 spiro atoms. The fourth-order valence-electron chi connectivity index (χ4n) is 3.11. The monoisotopic (exact) mass is 332 g/mol. The third-order valence-electron chi connectivity index (χ3n) is 4.34. The Morgan fingerprint density at radius 3 is 2.64 bits per heavy atom. The number of nitrogens with zero attached hydrogens (tertiary/aromatic N) is 4. The van der Waals surface area contributed by atoms with E-state index in [0.717, 1.165) is 42.0 Å². The van der Waals surface area contributed by atoms with Crippen molar-refractivity contribution in [2.75, 3.05) is 0 Å². The summed E-state index contributed by atoms with van der Waals surface area (Å²) in [5, 5.41) is 13.2. The lowest BCUT2D eigenvalue weighted by molar-refractivity contribution is 0.101. The third kappa shape index (κ3) is 3.53. The molecule has 0 aliphatic carbocycles. The first-order valence-corrected chi connectivity index (χ1v) is 8.30. The Morgan fingerprint density at radius 2 is 2.04 bits per heavy atom. The SMILES string of the molecule is CC(=O)c1cc(CCCn2cccn2)n(-c2ccc(C#N)cc2)c1C. The van der Waals surface area contributed by atoms with Crippen LogP contribution in [0.1, 0.15) is 40.7 Å². The van der Waals surface area contributed by atoms with Crippen molar-refractivity contribution in [2.45, 2.75) is 33.2 Å². The summed E-state index contributed by atoms with van der Waals surface area (Å²) in [4.78, 5) is 12.0. The second-order valence-corrected chi connectivity index (χ2v) is 6.06. The van der Waals surface area contributed by atoms with E-state index < -0.39 is 0 Å². The highest BCUT2D eigenvalue weighted by molar-refractivity contribution is 5.95. The molecular formula is C20H20N4O. The van der Waals surface area contributed by atoms with Gasteiger partial charge in [0.2, 0.25) is 0 Å². The normalized spacial score (nSPS) is 10.6. The molecule has 0 aliphatic rings. The zero-order valence-electron chi connectivity index (χ0n) is 14.4. The van der Waals surface area contributed by atoms with E-state index in [4.69, 9.17) is 5.26 Å². The number of carbonyl (C=O) groups is 1. The van der Waals surface area contributed by atoms with Crippen LogP contribution in [0.5, 0.6) is 0 Å². The second-order valence-electron chi connectivity index (χ2n) is 6.06. The molecule has 0 bridgehead atoms. The van der Waals surface area contributed by atoms with Crippen LogP contribution in [-0.2, 0) is 13.0 Å². The lowest BCUT2D eigenvalue weighted by Gasteiger charge is -2.12. The summed E-state index contributed by atoms with van der Waals surface area (Å²) < 4.78 is 4.02. The average Bonchev–Trinajstić information content (AvgIpc) is 3.23. The summed E-state index contributed by atoms with van der Waals surface area (Å²) in [5.74, 6) is 0.0678. The third-order valence-corrected chi connectivity index (χ3v) is 4.34. The largest absolute Gasteiger partial charge is 0.317 e. The number of ketones is 1. The van der Waals surface area contributed by atoms with Crippen LogP contribution in [0.3, 0.4) is 0 Å². The van der Waals surface area contributed by atoms with E-state index in [9.17, 15) is 4.79 Å². The van der Waals surface area contributed by atoms with Crippen molar-refractivity contribution >= 4 is 5.78 Å². The van der Waals surface area contributed by atoms with Crippen LogP contribution >= 0.6 is 0 Å². The molecule has 0 radical (unpaired) electrons. The van der Waals surface area contributed by atoms with E-state index in [-0.39, 0.29) is 5.78 Å². The molecule has 5 nitrogen and oxygen atoms in total. The van der Waals surface area contributed by atoms with Gasteiger partial charge in [0.15, 0.2) is 5.78 Å². The number of Topliss-reactive ketones (excluding diaryl/α,β-unsaturated/α-hetero) is 1. The summed E-state index contributed by atoms with van der Waals surface area (Å²) >= 11 is 0. The topological polar surface area (TPSA) is 63.6 Å². The maximum absolute atomic E-state index is 12.0. The molecule has 126 valence electrons. The van der Waals surface area contributed by atoms with E-state index in [1.54, 1.807) is 25.3 Å². The van der Waals surface area contributed by atoms with Crippen molar-refractivity contribution in [3.63, 3.8) is 0 Å². The van der Waals surface area contributed by atoms with Crippen LogP contribution in [0, 0.1) is 18.3 Å². The van der Waals surface area contributed by atoms with Crippen molar-refractivity contribution < 1.29 is 4.79 Å². The summed E-state index contributed by atoms with van der Waals surface area (Å²) in [6.07, 6.45) is 5.50. The second kappa shape index (κ2) is 7.18. The molecule has 0 saturated carbocycles. The molecule has 3 rings (SSSR count). The minimum Gasteiger partial charge on any atom is -0.317 e. The number of aromatic nitrogens is 3. The first-order chi connectivity index (χ1) is 12.1. The predicted molar refractivity (Wildman–Crippen MR) is 95.8 cm³/mol. The van der Waals surface area contributed by atoms with Crippen molar-refractivity contribution in [1.29, 1.82) is 5.26 Å². The summed E-state index contributed by atoms with van der Waals surface area (Å²) in [7, 11) is 0. The van der Waals surface area contributed by atoms with Crippen molar-refractivity contribution in [3.8, 4) is 11.8 Å². The van der Waals surface area contributed by atoms with E-state index >= 15 is 0 Å². The lowest BCUT2D eigenvalue weighted by atomic mass is 10.1. The van der Waals surface area contributed by atoms with Gasteiger partial charge in [0.05, 0.1) is 11.6 Å². The van der Waals surface area contributed by atoms with Gasteiger partial charge in [-0.15, -0.1) is 0 Å². The number of aryl methyl sites for hydroxylation is 2. The molecule has 0 N–H and O–H groups in total. The van der Waals surface area contributed by atoms with E-state index in [0.29, 0.717) is 5.56 Å². The number of benzene rings is 1. The number of carbonyl (C=O) groups excluding carboxylic acids is 1. The van der Waals surface area contributed by atoms with E-state index in [2.05, 4.69) is 15.7 Å². The zero-order valence-corrected chi connectivity index (χ0v) is 14.4. The molecule has 0 unspecified atom stereocenters. The molecule has 0 saturated heterocycles. The van der Waals surface area contributed by atoms with Crippen molar-refractivity contribution in [3.05, 3.63) is 71.3 Å². The first-order valence-electron chi connectivity index (χ1n) is 8.30. The first kappa shape index (κ1) is 16.7. The van der Waals surface area contributed by atoms with Gasteiger partial charge in [-0.3, -0.25) is 9.48 Å². The van der Waals surface area contributed by atoms with Gasteiger partial charge in [-0.05, 0) is 63.1 Å². The van der Waals surface area contributed by atoms with Gasteiger partial charge in [-0.25, -0.2) is 0 Å². The quantitative estimate of drug-likeness (QED) is 0.647. The molecule has 2 aromatic heterocycles. The van der Waals surface area contributed by atoms with Crippen molar-refractivity contribution in [1.82, 2.24) is 14.3 Å². The van der Waals surface area contributed by atoms with Crippen molar-refractivity contribution in [2.24, 2.45) is 0 Å². The Morgan fingerprint density at radius 1 is 1.28 bits per heavy atom. The smallest absolute Gasteiger partial charge is 0.161 e. The minimum absolute atomic E-state index is 0.0678. The number of hydrogen-bond donors (Lipinski definition) is 0. The van der Waals surface area contributed by atoms with Gasteiger partial charge in [-0.1, -0.05) is 0 Å². The molecule has 2 heterocycles. The summed E-state index contributed by atoms with van der Waals surface area (Å²) in [6.45, 7) is 4.39. The minimum atomic E-state index is 0.0678. The zero-order chi connectivity index (χ0) is 17.8. The molecule has 3 aromatic rings. The fourth-order valence-corrected chi connectivity index (χ4v) is 3.11. The van der Waals surface area contributed by atoms with Gasteiger partial charge in [0, 0.05) is 41.6 Å². The molecule has 0 atom stereocenters. The van der Waals surface area contributed by atoms with Crippen LogP contribution in [0.25, 0.3) is 5.69 Å². The van der Waals surface area contributed by atoms with Crippen LogP contribution in [0.2, 0.25) is 0 Å². The highest BCUT2D eigenvalue weighted by atomic mass is 16.1. The highest BCUT2D eigenvalue weighted by Gasteiger charge is 2.16. The maximum atomic E-state index is 12.0. The van der Waals surface area contributed by atoms with Crippen LogP contribution < -0.4 is 0 Å².